The highest BCUT2D eigenvalue weighted by atomic mass is 35.5. The van der Waals surface area contributed by atoms with Crippen LogP contribution in [0.1, 0.15) is 18.5 Å². The van der Waals surface area contributed by atoms with E-state index >= 15 is 0 Å². The summed E-state index contributed by atoms with van der Waals surface area (Å²) in [7, 11) is 1.99. The lowest BCUT2D eigenvalue weighted by atomic mass is 9.92. The van der Waals surface area contributed by atoms with E-state index in [1.54, 1.807) is 0 Å². The molecular formula is C19H18ClN. The summed E-state index contributed by atoms with van der Waals surface area (Å²) in [5, 5.41) is 6.42. The van der Waals surface area contributed by atoms with Gasteiger partial charge in [0, 0.05) is 16.5 Å². The van der Waals surface area contributed by atoms with Gasteiger partial charge in [0.05, 0.1) is 0 Å². The fourth-order valence-electron chi connectivity index (χ4n) is 2.77. The maximum atomic E-state index is 6.33. The first-order valence-corrected chi connectivity index (χ1v) is 7.54. The lowest BCUT2D eigenvalue weighted by Gasteiger charge is -2.17. The van der Waals surface area contributed by atoms with E-state index in [-0.39, 0.29) is 0 Å². The van der Waals surface area contributed by atoms with Crippen molar-refractivity contribution in [2.75, 3.05) is 7.05 Å². The van der Waals surface area contributed by atoms with Crippen molar-refractivity contribution in [1.29, 1.82) is 0 Å². The van der Waals surface area contributed by atoms with Gasteiger partial charge in [-0.05, 0) is 42.1 Å². The van der Waals surface area contributed by atoms with Crippen molar-refractivity contribution < 1.29 is 0 Å². The first-order valence-electron chi connectivity index (χ1n) is 7.16. The highest BCUT2D eigenvalue weighted by Crippen LogP contribution is 2.36. The average Bonchev–Trinajstić information content (AvgIpc) is 2.55. The molecule has 1 nitrogen and oxygen atoms in total. The van der Waals surface area contributed by atoms with Gasteiger partial charge in [0.2, 0.25) is 0 Å². The smallest absolute Gasteiger partial charge is 0.0484 e. The van der Waals surface area contributed by atoms with E-state index in [9.17, 15) is 0 Å². The molecule has 106 valence electrons. The highest BCUT2D eigenvalue weighted by Gasteiger charge is 2.13. The molecule has 0 heterocycles. The lowest BCUT2D eigenvalue weighted by molar-refractivity contribution is 0.654. The third-order valence-corrected chi connectivity index (χ3v) is 4.35. The topological polar surface area (TPSA) is 12.0 Å². The van der Waals surface area contributed by atoms with Crippen LogP contribution in [0.5, 0.6) is 0 Å². The van der Waals surface area contributed by atoms with Crippen molar-refractivity contribution >= 4 is 22.4 Å². The van der Waals surface area contributed by atoms with Crippen LogP contribution in [-0.2, 0) is 0 Å². The van der Waals surface area contributed by atoms with Crippen molar-refractivity contribution in [2.45, 2.75) is 13.0 Å². The third kappa shape index (κ3) is 2.55. The molecule has 0 aromatic heterocycles. The van der Waals surface area contributed by atoms with Gasteiger partial charge in [-0.1, -0.05) is 66.2 Å². The molecule has 0 saturated carbocycles. The molecule has 0 saturated heterocycles. The van der Waals surface area contributed by atoms with Gasteiger partial charge in [0.25, 0.3) is 0 Å². The number of hydrogen-bond acceptors (Lipinski definition) is 1. The van der Waals surface area contributed by atoms with Crippen molar-refractivity contribution in [3.8, 4) is 11.1 Å². The van der Waals surface area contributed by atoms with Crippen molar-refractivity contribution in [1.82, 2.24) is 5.32 Å². The predicted octanol–water partition coefficient (Wildman–Crippen LogP) is 5.44. The molecule has 0 spiro atoms. The van der Waals surface area contributed by atoms with Crippen LogP contribution in [0.15, 0.2) is 60.7 Å². The summed E-state index contributed by atoms with van der Waals surface area (Å²) in [6.45, 7) is 2.18. The second-order valence-electron chi connectivity index (χ2n) is 5.24. The Hall–Kier alpha value is -1.83. The normalized spacial score (nSPS) is 12.5. The molecule has 0 bridgehead atoms. The van der Waals surface area contributed by atoms with Crippen LogP contribution in [0.25, 0.3) is 21.9 Å². The first-order chi connectivity index (χ1) is 10.2. The van der Waals surface area contributed by atoms with Crippen molar-refractivity contribution in [3.05, 3.63) is 71.2 Å². The van der Waals surface area contributed by atoms with E-state index in [0.29, 0.717) is 6.04 Å². The summed E-state index contributed by atoms with van der Waals surface area (Å²) in [6.07, 6.45) is 0. The molecule has 0 aliphatic rings. The summed E-state index contributed by atoms with van der Waals surface area (Å²) < 4.78 is 0. The quantitative estimate of drug-likeness (QED) is 0.678. The molecule has 1 atom stereocenters. The Morgan fingerprint density at radius 2 is 1.48 bits per heavy atom. The SMILES string of the molecule is CNC(C)c1ccccc1-c1ccc(Cl)c2ccccc12. The zero-order valence-electron chi connectivity index (χ0n) is 12.2. The molecule has 0 radical (unpaired) electrons. The Kier molecular flexibility index (Phi) is 3.96. The number of rotatable bonds is 3. The van der Waals surface area contributed by atoms with Gasteiger partial charge >= 0.3 is 0 Å². The molecule has 1 N–H and O–H groups in total. The maximum Gasteiger partial charge on any atom is 0.0484 e. The maximum absolute atomic E-state index is 6.33. The van der Waals surface area contributed by atoms with Crippen LogP contribution < -0.4 is 5.32 Å². The summed E-state index contributed by atoms with van der Waals surface area (Å²) in [5.41, 5.74) is 3.78. The highest BCUT2D eigenvalue weighted by molar-refractivity contribution is 6.36. The van der Waals surface area contributed by atoms with Gasteiger partial charge in [-0.25, -0.2) is 0 Å². The molecule has 21 heavy (non-hydrogen) atoms. The Morgan fingerprint density at radius 3 is 2.24 bits per heavy atom. The number of halogens is 1. The van der Waals surface area contributed by atoms with Gasteiger partial charge in [-0.15, -0.1) is 0 Å². The van der Waals surface area contributed by atoms with E-state index in [1.165, 1.54) is 22.1 Å². The van der Waals surface area contributed by atoms with Crippen molar-refractivity contribution in [3.63, 3.8) is 0 Å². The van der Waals surface area contributed by atoms with Crippen molar-refractivity contribution in [2.24, 2.45) is 0 Å². The second kappa shape index (κ2) is 5.88. The van der Waals surface area contributed by atoms with Crippen LogP contribution >= 0.6 is 11.6 Å². The van der Waals surface area contributed by atoms with Gasteiger partial charge in [0.15, 0.2) is 0 Å². The minimum absolute atomic E-state index is 0.302. The number of nitrogens with one attached hydrogen (secondary N) is 1. The Labute approximate surface area is 130 Å². The standard InChI is InChI=1S/C19H18ClN/c1-13(21-2)14-7-3-4-8-15(14)17-11-12-19(20)18-10-6-5-9-16(17)18/h3-13,21H,1-2H3. The number of benzene rings is 3. The third-order valence-electron chi connectivity index (χ3n) is 4.02. The fourth-order valence-corrected chi connectivity index (χ4v) is 3.00. The summed E-state index contributed by atoms with van der Waals surface area (Å²) in [6, 6.07) is 21.2. The Bertz CT molecular complexity index is 779. The summed E-state index contributed by atoms with van der Waals surface area (Å²) in [4.78, 5) is 0. The van der Waals surface area contributed by atoms with E-state index in [2.05, 4.69) is 60.8 Å². The van der Waals surface area contributed by atoms with Gasteiger partial charge in [-0.3, -0.25) is 0 Å². The van der Waals surface area contributed by atoms with Crippen LogP contribution in [0.2, 0.25) is 5.02 Å². The van der Waals surface area contributed by atoms with E-state index < -0.39 is 0 Å². The molecule has 3 aromatic rings. The minimum atomic E-state index is 0.302. The fraction of sp³-hybridized carbons (Fsp3) is 0.158. The van der Waals surface area contributed by atoms with Crippen LogP contribution in [0.3, 0.4) is 0 Å². The molecule has 0 aliphatic carbocycles. The Balaban J connectivity index is 2.29. The molecule has 1 unspecified atom stereocenters. The Morgan fingerprint density at radius 1 is 0.810 bits per heavy atom. The van der Waals surface area contributed by atoms with Crippen LogP contribution in [0.4, 0.5) is 0 Å². The molecule has 0 amide bonds. The van der Waals surface area contributed by atoms with Crippen LogP contribution in [0, 0.1) is 0 Å². The molecule has 3 aromatic carbocycles. The molecule has 3 rings (SSSR count). The van der Waals surface area contributed by atoms with Gasteiger partial charge in [0.1, 0.15) is 0 Å². The van der Waals surface area contributed by atoms with E-state index in [0.717, 1.165) is 10.4 Å². The lowest BCUT2D eigenvalue weighted by Crippen LogP contribution is -2.13. The zero-order chi connectivity index (χ0) is 14.8. The number of hydrogen-bond donors (Lipinski definition) is 1. The average molecular weight is 296 g/mol. The van der Waals surface area contributed by atoms with Crippen LogP contribution in [-0.4, -0.2) is 7.05 Å². The largest absolute Gasteiger partial charge is 0.313 e. The predicted molar refractivity (Wildman–Crippen MR) is 91.9 cm³/mol. The minimum Gasteiger partial charge on any atom is -0.313 e. The van der Waals surface area contributed by atoms with Gasteiger partial charge in [-0.2, -0.15) is 0 Å². The van der Waals surface area contributed by atoms with E-state index in [4.69, 9.17) is 11.6 Å². The van der Waals surface area contributed by atoms with Gasteiger partial charge < -0.3 is 5.32 Å². The van der Waals surface area contributed by atoms with E-state index in [1.807, 2.05) is 19.2 Å². The molecule has 2 heteroatoms. The zero-order valence-corrected chi connectivity index (χ0v) is 13.0. The number of fused-ring (bicyclic) bond motifs is 1. The second-order valence-corrected chi connectivity index (χ2v) is 5.65. The monoisotopic (exact) mass is 295 g/mol. The molecular weight excluding hydrogens is 278 g/mol. The summed E-state index contributed by atoms with van der Waals surface area (Å²) in [5.74, 6) is 0. The molecule has 0 fully saturated rings. The first kappa shape index (κ1) is 14.1. The molecule has 0 aliphatic heterocycles. The summed E-state index contributed by atoms with van der Waals surface area (Å²) >= 11 is 6.33.